The second-order valence-corrected chi connectivity index (χ2v) is 7.14. The number of pyridine rings is 1. The Morgan fingerprint density at radius 3 is 2.88 bits per heavy atom. The molecule has 2 saturated heterocycles. The Balaban J connectivity index is 1.57. The topological polar surface area (TPSA) is 79.5 Å². The summed E-state index contributed by atoms with van der Waals surface area (Å²) < 4.78 is 5.14. The van der Waals surface area contributed by atoms with Crippen LogP contribution in [-0.4, -0.2) is 50.9 Å². The molecular weight excluding hydrogens is 332 g/mol. The molecule has 2 aromatic heterocycles. The highest BCUT2D eigenvalue weighted by Gasteiger charge is 2.44. The molecule has 4 rings (SSSR count). The third-order valence-electron chi connectivity index (χ3n) is 5.37. The maximum absolute atomic E-state index is 13.1. The molecule has 4 heterocycles. The van der Waals surface area contributed by atoms with Crippen LogP contribution >= 0.6 is 0 Å². The van der Waals surface area contributed by atoms with Gasteiger partial charge in [-0.25, -0.2) is 0 Å². The molecule has 2 bridgehead atoms. The molecule has 0 saturated carbocycles. The Kier molecular flexibility index (Phi) is 4.22. The van der Waals surface area contributed by atoms with Gasteiger partial charge in [0.2, 0.25) is 5.91 Å². The fourth-order valence-corrected chi connectivity index (χ4v) is 4.06. The average Bonchev–Trinajstić information content (AvgIpc) is 2.98. The van der Waals surface area contributed by atoms with Gasteiger partial charge in [0.15, 0.2) is 0 Å². The number of aryl methyl sites for hydroxylation is 2. The quantitative estimate of drug-likeness (QED) is 0.842. The van der Waals surface area contributed by atoms with Gasteiger partial charge < -0.3 is 14.3 Å². The molecule has 0 aromatic carbocycles. The van der Waals surface area contributed by atoms with Gasteiger partial charge in [-0.2, -0.15) is 0 Å². The number of hydrogen-bond acceptors (Lipinski definition) is 5. The molecule has 2 aromatic rings. The molecule has 7 heteroatoms. The zero-order valence-electron chi connectivity index (χ0n) is 15.0. The standard InChI is InChI=1S/C19H22N4O3/c1-12-17(13(2)26-21-12)19(25)23-8-6-14-9-16(23)18(24)22(10-14)11-15-5-3-4-7-20-15/h3-5,7,14,16H,6,8-11H2,1-2H3/t14-,16+/m0/s1. The number of carbonyl (C=O) groups excluding carboxylic acids is 2. The fourth-order valence-electron chi connectivity index (χ4n) is 4.06. The summed E-state index contributed by atoms with van der Waals surface area (Å²) >= 11 is 0. The molecular formula is C19H22N4O3. The van der Waals surface area contributed by atoms with E-state index in [1.807, 2.05) is 23.1 Å². The molecule has 136 valence electrons. The summed E-state index contributed by atoms with van der Waals surface area (Å²) in [5.41, 5.74) is 1.92. The number of amides is 2. The molecule has 0 N–H and O–H groups in total. The molecule has 0 radical (unpaired) electrons. The van der Waals surface area contributed by atoms with Crippen LogP contribution < -0.4 is 0 Å². The largest absolute Gasteiger partial charge is 0.361 e. The lowest BCUT2D eigenvalue weighted by molar-refractivity contribution is -0.144. The van der Waals surface area contributed by atoms with E-state index in [0.29, 0.717) is 36.0 Å². The minimum Gasteiger partial charge on any atom is -0.361 e. The molecule has 7 nitrogen and oxygen atoms in total. The summed E-state index contributed by atoms with van der Waals surface area (Å²) in [6.45, 7) is 5.31. The van der Waals surface area contributed by atoms with Gasteiger partial charge in [0.25, 0.3) is 5.91 Å². The van der Waals surface area contributed by atoms with E-state index in [1.54, 1.807) is 24.9 Å². The monoisotopic (exact) mass is 354 g/mol. The minimum absolute atomic E-state index is 0.00622. The van der Waals surface area contributed by atoms with Crippen LogP contribution in [0.3, 0.4) is 0 Å². The van der Waals surface area contributed by atoms with E-state index >= 15 is 0 Å². The molecule has 0 unspecified atom stereocenters. The van der Waals surface area contributed by atoms with Crippen molar-refractivity contribution in [3.63, 3.8) is 0 Å². The van der Waals surface area contributed by atoms with Gasteiger partial charge in [-0.05, 0) is 44.7 Å². The van der Waals surface area contributed by atoms with Crippen molar-refractivity contribution in [3.05, 3.63) is 47.1 Å². The summed E-state index contributed by atoms with van der Waals surface area (Å²) in [5, 5.41) is 3.88. The van der Waals surface area contributed by atoms with Crippen molar-refractivity contribution >= 4 is 11.8 Å². The van der Waals surface area contributed by atoms with Crippen molar-refractivity contribution in [1.29, 1.82) is 0 Å². The van der Waals surface area contributed by atoms with Gasteiger partial charge in [-0.3, -0.25) is 14.6 Å². The SMILES string of the molecule is Cc1noc(C)c1C(=O)N1CC[C@H]2C[C@@H]1C(=O)N(Cc1ccccn1)C2. The maximum Gasteiger partial charge on any atom is 0.260 e. The number of rotatable bonds is 3. The Labute approximate surface area is 152 Å². The van der Waals surface area contributed by atoms with E-state index in [9.17, 15) is 9.59 Å². The van der Waals surface area contributed by atoms with Crippen LogP contribution in [0.4, 0.5) is 0 Å². The molecule has 2 aliphatic heterocycles. The van der Waals surface area contributed by atoms with Crippen LogP contribution in [0.2, 0.25) is 0 Å². The second kappa shape index (κ2) is 6.55. The first-order valence-corrected chi connectivity index (χ1v) is 8.97. The first-order chi connectivity index (χ1) is 12.5. The van der Waals surface area contributed by atoms with Gasteiger partial charge in [0.05, 0.1) is 17.9 Å². The molecule has 2 amide bonds. The van der Waals surface area contributed by atoms with E-state index in [1.165, 1.54) is 0 Å². The summed E-state index contributed by atoms with van der Waals surface area (Å²) in [5.74, 6) is 0.780. The first-order valence-electron chi connectivity index (χ1n) is 8.97. The van der Waals surface area contributed by atoms with Crippen molar-refractivity contribution in [3.8, 4) is 0 Å². The number of piperidine rings is 2. The van der Waals surface area contributed by atoms with Gasteiger partial charge in [0.1, 0.15) is 17.4 Å². The fraction of sp³-hybridized carbons (Fsp3) is 0.474. The number of hydrogen-bond donors (Lipinski definition) is 0. The summed E-state index contributed by atoms with van der Waals surface area (Å²) in [6, 6.07) is 5.29. The van der Waals surface area contributed by atoms with Crippen LogP contribution in [-0.2, 0) is 11.3 Å². The Morgan fingerprint density at radius 1 is 1.35 bits per heavy atom. The Bertz CT molecular complexity index is 813. The maximum atomic E-state index is 13.1. The van der Waals surface area contributed by atoms with Gasteiger partial charge in [0, 0.05) is 19.3 Å². The van der Waals surface area contributed by atoms with Crippen molar-refractivity contribution in [1.82, 2.24) is 19.9 Å². The Morgan fingerprint density at radius 2 is 2.19 bits per heavy atom. The summed E-state index contributed by atoms with van der Waals surface area (Å²) in [6.07, 6.45) is 3.36. The predicted octanol–water partition coefficient (Wildman–Crippen LogP) is 1.95. The van der Waals surface area contributed by atoms with Crippen LogP contribution in [0.15, 0.2) is 28.9 Å². The number of nitrogens with zero attached hydrogens (tertiary/aromatic N) is 4. The molecule has 0 spiro atoms. The third kappa shape index (κ3) is 2.87. The second-order valence-electron chi connectivity index (χ2n) is 7.14. The average molecular weight is 354 g/mol. The van der Waals surface area contributed by atoms with Crippen LogP contribution in [0.5, 0.6) is 0 Å². The van der Waals surface area contributed by atoms with Crippen LogP contribution in [0, 0.1) is 19.8 Å². The van der Waals surface area contributed by atoms with Crippen LogP contribution in [0.1, 0.15) is 40.3 Å². The summed E-state index contributed by atoms with van der Waals surface area (Å²) in [7, 11) is 0. The third-order valence-corrected chi connectivity index (χ3v) is 5.37. The van der Waals surface area contributed by atoms with Crippen molar-refractivity contribution < 1.29 is 14.1 Å². The predicted molar refractivity (Wildman–Crippen MR) is 93.2 cm³/mol. The summed E-state index contributed by atoms with van der Waals surface area (Å²) in [4.78, 5) is 34.0. The number of carbonyl (C=O) groups is 2. The lowest BCUT2D eigenvalue weighted by atomic mass is 9.85. The normalized spacial score (nSPS) is 22.6. The number of likely N-dealkylation sites (tertiary alicyclic amines) is 2. The van der Waals surface area contributed by atoms with Gasteiger partial charge in [-0.1, -0.05) is 11.2 Å². The Hall–Kier alpha value is -2.70. The van der Waals surface area contributed by atoms with Crippen molar-refractivity contribution in [2.45, 2.75) is 39.3 Å². The van der Waals surface area contributed by atoms with E-state index in [2.05, 4.69) is 10.1 Å². The van der Waals surface area contributed by atoms with E-state index < -0.39 is 6.04 Å². The number of fused-ring (bicyclic) bond motifs is 2. The lowest BCUT2D eigenvalue weighted by Crippen LogP contribution is -2.60. The van der Waals surface area contributed by atoms with Gasteiger partial charge >= 0.3 is 0 Å². The smallest absolute Gasteiger partial charge is 0.260 e. The molecule has 2 aliphatic rings. The zero-order chi connectivity index (χ0) is 18.3. The molecule has 2 atom stereocenters. The molecule has 26 heavy (non-hydrogen) atoms. The lowest BCUT2D eigenvalue weighted by Gasteiger charge is -2.46. The highest BCUT2D eigenvalue weighted by molar-refractivity contribution is 5.99. The van der Waals surface area contributed by atoms with E-state index in [0.717, 1.165) is 25.1 Å². The van der Waals surface area contributed by atoms with Crippen LogP contribution in [0.25, 0.3) is 0 Å². The van der Waals surface area contributed by atoms with Crippen molar-refractivity contribution in [2.75, 3.05) is 13.1 Å². The van der Waals surface area contributed by atoms with E-state index in [-0.39, 0.29) is 11.8 Å². The van der Waals surface area contributed by atoms with Gasteiger partial charge in [-0.15, -0.1) is 0 Å². The molecule has 2 fully saturated rings. The highest BCUT2D eigenvalue weighted by Crippen LogP contribution is 2.32. The number of aromatic nitrogens is 2. The minimum atomic E-state index is -0.410. The first kappa shape index (κ1) is 16.8. The van der Waals surface area contributed by atoms with Crippen molar-refractivity contribution in [2.24, 2.45) is 5.92 Å². The zero-order valence-corrected chi connectivity index (χ0v) is 15.0. The highest BCUT2D eigenvalue weighted by atomic mass is 16.5. The molecule has 0 aliphatic carbocycles. The van der Waals surface area contributed by atoms with E-state index in [4.69, 9.17) is 4.52 Å².